The molecule has 2 aliphatic rings. The molecular weight excluding hydrogens is 1370 g/mol. The smallest absolute Gasteiger partial charge is 0.178 e. The average Bonchev–Trinajstić information content (AvgIpc) is 1.52. The Kier molecular flexibility index (Phi) is 30.3. The van der Waals surface area contributed by atoms with Gasteiger partial charge < -0.3 is 4.57 Å². The first-order valence-electron chi connectivity index (χ1n) is 43.2. The minimum absolute atomic E-state index is 0.114. The summed E-state index contributed by atoms with van der Waals surface area (Å²) in [6.45, 7) is 19.5. The molecule has 0 fully saturated rings. The summed E-state index contributed by atoms with van der Waals surface area (Å²) < 4.78 is 55.0. The fourth-order valence-corrected chi connectivity index (χ4v) is 20.6. The summed E-state index contributed by atoms with van der Waals surface area (Å²) in [6.07, 6.45) is 54.5. The van der Waals surface area contributed by atoms with Crippen molar-refractivity contribution in [2.45, 2.75) is 288 Å². The fourth-order valence-electron chi connectivity index (χ4n) is 17.9. The molecule has 8 aromatic carbocycles. The largest absolute Gasteiger partial charge is 0.340 e. The van der Waals surface area contributed by atoms with Crippen LogP contribution in [0, 0.1) is 5.92 Å². The van der Waals surface area contributed by atoms with Crippen LogP contribution in [0.1, 0.15) is 328 Å². The van der Waals surface area contributed by atoms with Crippen molar-refractivity contribution in [1.82, 2.24) is 4.57 Å². The van der Waals surface area contributed by atoms with E-state index in [2.05, 4.69) is 218 Å². The molecule has 0 aliphatic heterocycles. The topological polar surface area (TPSA) is 73.2 Å². The van der Waals surface area contributed by atoms with Gasteiger partial charge in [-0.2, -0.15) is 0 Å². The molecule has 7 heteroatoms. The van der Waals surface area contributed by atoms with Crippen molar-refractivity contribution in [3.63, 3.8) is 0 Å². The molecule has 1 aromatic heterocycles. The highest BCUT2D eigenvalue weighted by Gasteiger charge is 2.45. The van der Waals surface area contributed by atoms with Crippen LogP contribution in [0.3, 0.4) is 0 Å². The van der Waals surface area contributed by atoms with Crippen LogP contribution in [0.5, 0.6) is 0 Å². The van der Waals surface area contributed by atoms with Gasteiger partial charge in [0.15, 0.2) is 19.7 Å². The lowest BCUT2D eigenvalue weighted by atomic mass is 9.69. The van der Waals surface area contributed by atoms with Gasteiger partial charge in [0.2, 0.25) is 0 Å². The third-order valence-corrected chi connectivity index (χ3v) is 28.1. The van der Waals surface area contributed by atoms with E-state index < -0.39 is 19.7 Å². The summed E-state index contributed by atoms with van der Waals surface area (Å²) in [5.41, 5.74) is 23.5. The third-order valence-electron chi connectivity index (χ3n) is 24.4. The lowest BCUT2D eigenvalue weighted by molar-refractivity contribution is 0.399. The Balaban J connectivity index is 0.959. The van der Waals surface area contributed by atoms with Gasteiger partial charge in [-0.15, -0.1) is 0 Å². The van der Waals surface area contributed by atoms with Crippen LogP contribution in [0.15, 0.2) is 168 Å². The molecule has 1 unspecified atom stereocenters. The molecule has 0 N–H and O–H groups in total. The summed E-state index contributed by atoms with van der Waals surface area (Å²) >= 11 is 0. The highest BCUT2D eigenvalue weighted by atomic mass is 32.2. The standard InChI is InChI=1S/C102H129NO4S2/c1-9-17-24-30-65-101(66-31-25-18-10-2)95-71-85(51-49-81-41-37-79(38-42-81)45-47-83-53-59-87(60-54-83)108(104,105)69-34-28-21-13-5)57-63-89(95)91-75-99-93(73-97(91)101)94-74-98-92(76-100(94)103(99)77-78(16-8)36-23-15-7)90-64-58-86(72-96(90)102(98,67-32-26-19-11-3)68-33-27-20-12-4)52-50-82-43-39-80(40-44-82)46-48-84-55-61-88(62-56-84)109(106,107)70-35-29-22-14-6/h37-64,71-76,78H,9-36,65-70,77H2,1-8H3/b47-45+,48-46+,51-49+,52-50+. The highest BCUT2D eigenvalue weighted by molar-refractivity contribution is 7.91. The van der Waals surface area contributed by atoms with Gasteiger partial charge in [0, 0.05) is 39.2 Å². The Morgan fingerprint density at radius 1 is 0.294 bits per heavy atom. The summed E-state index contributed by atoms with van der Waals surface area (Å²) in [7, 11) is -6.56. The van der Waals surface area contributed by atoms with Crippen molar-refractivity contribution in [3.05, 3.63) is 224 Å². The maximum absolute atomic E-state index is 13.0. The summed E-state index contributed by atoms with van der Waals surface area (Å²) in [5, 5.41) is 2.89. The number of benzene rings is 8. The minimum atomic E-state index is -3.28. The predicted octanol–water partition coefficient (Wildman–Crippen LogP) is 29.8. The van der Waals surface area contributed by atoms with E-state index in [1.165, 1.54) is 188 Å². The number of nitrogens with zero attached hydrogens (tertiary/aromatic N) is 1. The summed E-state index contributed by atoms with van der Waals surface area (Å²) in [5.74, 6) is 0.983. The number of fused-ring (bicyclic) bond motifs is 9. The van der Waals surface area contributed by atoms with Gasteiger partial charge >= 0.3 is 0 Å². The lowest BCUT2D eigenvalue weighted by Gasteiger charge is -2.33. The minimum Gasteiger partial charge on any atom is -0.340 e. The molecular formula is C102H129NO4S2. The van der Waals surface area contributed by atoms with Gasteiger partial charge in [-0.3, -0.25) is 0 Å². The van der Waals surface area contributed by atoms with E-state index in [1.807, 2.05) is 24.3 Å². The predicted molar refractivity (Wildman–Crippen MR) is 474 cm³/mol. The van der Waals surface area contributed by atoms with Crippen LogP contribution in [0.4, 0.5) is 0 Å². The van der Waals surface area contributed by atoms with Gasteiger partial charge in [0.1, 0.15) is 0 Å². The second kappa shape index (κ2) is 40.1. The fraction of sp³-hybridized carbons (Fsp3) is 0.451. The van der Waals surface area contributed by atoms with Crippen LogP contribution < -0.4 is 0 Å². The number of rotatable bonds is 46. The van der Waals surface area contributed by atoms with Crippen LogP contribution in [0.2, 0.25) is 0 Å². The van der Waals surface area contributed by atoms with E-state index in [4.69, 9.17) is 0 Å². The molecule has 0 saturated carbocycles. The molecule has 0 amide bonds. The number of sulfone groups is 2. The van der Waals surface area contributed by atoms with Gasteiger partial charge in [-0.25, -0.2) is 16.8 Å². The Morgan fingerprint density at radius 2 is 0.569 bits per heavy atom. The number of hydrogen-bond donors (Lipinski definition) is 0. The quantitative estimate of drug-likeness (QED) is 0.0281. The monoisotopic (exact) mass is 1500 g/mol. The van der Waals surface area contributed by atoms with Gasteiger partial charge in [0.25, 0.3) is 0 Å². The number of unbranched alkanes of at least 4 members (excludes halogenated alkanes) is 19. The second-order valence-corrected chi connectivity index (χ2v) is 36.7. The van der Waals surface area contributed by atoms with E-state index in [0.29, 0.717) is 28.6 Å². The molecule has 578 valence electrons. The zero-order valence-electron chi connectivity index (χ0n) is 67.9. The molecule has 0 saturated heterocycles. The molecule has 5 nitrogen and oxygen atoms in total. The highest BCUT2D eigenvalue weighted by Crippen LogP contribution is 2.59. The van der Waals surface area contributed by atoms with Gasteiger partial charge in [-0.1, -0.05) is 374 Å². The molecule has 0 radical (unpaired) electrons. The van der Waals surface area contributed by atoms with Crippen molar-refractivity contribution in [1.29, 1.82) is 0 Å². The summed E-state index contributed by atoms with van der Waals surface area (Å²) in [4.78, 5) is 0.817. The van der Waals surface area contributed by atoms with Crippen LogP contribution in [-0.2, 0) is 37.0 Å². The van der Waals surface area contributed by atoms with Crippen molar-refractivity contribution in [2.24, 2.45) is 5.92 Å². The maximum Gasteiger partial charge on any atom is 0.178 e. The van der Waals surface area contributed by atoms with Crippen molar-refractivity contribution < 1.29 is 16.8 Å². The number of hydrogen-bond acceptors (Lipinski definition) is 4. The molecule has 109 heavy (non-hydrogen) atoms. The zero-order chi connectivity index (χ0) is 76.6. The van der Waals surface area contributed by atoms with Crippen LogP contribution in [-0.4, -0.2) is 32.9 Å². The second-order valence-electron chi connectivity index (χ2n) is 32.4. The first-order valence-corrected chi connectivity index (χ1v) is 46.5. The van der Waals surface area contributed by atoms with Crippen LogP contribution in [0.25, 0.3) is 92.7 Å². The molecule has 2 aliphatic carbocycles. The molecule has 11 rings (SSSR count). The van der Waals surface area contributed by atoms with E-state index in [9.17, 15) is 16.8 Å². The zero-order valence-corrected chi connectivity index (χ0v) is 69.5. The molecule has 0 bridgehead atoms. The van der Waals surface area contributed by atoms with E-state index in [-0.39, 0.29) is 22.3 Å². The molecule has 1 heterocycles. The van der Waals surface area contributed by atoms with E-state index in [0.717, 1.165) is 111 Å². The molecule has 0 spiro atoms. The third kappa shape index (κ3) is 20.4. The molecule has 9 aromatic rings. The average molecular weight is 1500 g/mol. The first kappa shape index (κ1) is 82.4. The van der Waals surface area contributed by atoms with Crippen molar-refractivity contribution in [3.8, 4) is 22.3 Å². The number of aromatic nitrogens is 1. The van der Waals surface area contributed by atoms with Gasteiger partial charge in [-0.05, 0) is 188 Å². The lowest BCUT2D eigenvalue weighted by Crippen LogP contribution is -2.26. The van der Waals surface area contributed by atoms with E-state index >= 15 is 0 Å². The maximum atomic E-state index is 13.0. The Labute approximate surface area is 659 Å². The summed E-state index contributed by atoms with van der Waals surface area (Å²) in [6, 6.07) is 58.2. The normalized spacial score (nSPS) is 14.2. The first-order chi connectivity index (χ1) is 53.1. The Morgan fingerprint density at radius 3 is 0.872 bits per heavy atom. The Bertz CT molecular complexity index is 4450. The van der Waals surface area contributed by atoms with Crippen molar-refractivity contribution in [2.75, 3.05) is 11.5 Å². The Hall–Kier alpha value is -7.58. The van der Waals surface area contributed by atoms with Gasteiger partial charge in [0.05, 0.1) is 21.3 Å². The SMILES string of the molecule is CCCCCCC1(CCCCCC)c2cc(/C=C/c3ccc(/C=C/c4ccc(S(=O)(=O)CCCCCC)cc4)cc3)ccc2-c2cc3c(cc21)c1cc2c(cc1n3CC(CC)CCCC)-c1ccc(/C=C/c3ccc(/C=C/c4ccc(S(=O)(=O)CCCCCC)cc4)cc3)cc1C2(CCCCCC)CCCCCC. The van der Waals surface area contributed by atoms with Crippen molar-refractivity contribution >= 4 is 90.1 Å². The molecule has 1 atom stereocenters. The van der Waals surface area contributed by atoms with Crippen LogP contribution >= 0.6 is 0 Å². The van der Waals surface area contributed by atoms with E-state index in [1.54, 1.807) is 35.4 Å².